The third-order valence-electron chi connectivity index (χ3n) is 4.15. The molecule has 0 saturated heterocycles. The zero-order valence-corrected chi connectivity index (χ0v) is 17.2. The fourth-order valence-electron chi connectivity index (χ4n) is 2.62. The largest absolute Gasteiger partial charge is 0.493 e. The Morgan fingerprint density at radius 2 is 1.93 bits per heavy atom. The Balaban J connectivity index is 1.82. The van der Waals surface area contributed by atoms with Crippen LogP contribution in [0.3, 0.4) is 0 Å². The average Bonchev–Trinajstić information content (AvgIpc) is 3.14. The highest BCUT2D eigenvalue weighted by atomic mass is 79.9. The van der Waals surface area contributed by atoms with E-state index < -0.39 is 0 Å². The van der Waals surface area contributed by atoms with E-state index in [4.69, 9.17) is 9.47 Å². The van der Waals surface area contributed by atoms with Crippen LogP contribution >= 0.6 is 15.9 Å². The number of methoxy groups -OCH3 is 1. The van der Waals surface area contributed by atoms with Crippen molar-refractivity contribution in [3.8, 4) is 11.5 Å². The molecule has 0 aliphatic heterocycles. The standard InChI is InChI=1S/C19H22BrN5O2/c1-4-25-19(22-23-24-25)21-11-15-16(20)9-10-17(26-3)18(15)27-12-14-7-5-13(2)6-8-14/h5-10H,4,11-12H2,1-3H3,(H,21,22,24). The fraction of sp³-hybridized carbons (Fsp3) is 0.316. The highest BCUT2D eigenvalue weighted by Gasteiger charge is 2.16. The molecule has 0 amide bonds. The summed E-state index contributed by atoms with van der Waals surface area (Å²) in [6.45, 7) is 5.67. The molecule has 0 unspecified atom stereocenters. The predicted molar refractivity (Wildman–Crippen MR) is 107 cm³/mol. The Morgan fingerprint density at radius 3 is 2.63 bits per heavy atom. The Morgan fingerprint density at radius 1 is 1.15 bits per heavy atom. The predicted octanol–water partition coefficient (Wildman–Crippen LogP) is 3.96. The van der Waals surface area contributed by atoms with Gasteiger partial charge in [0.2, 0.25) is 5.95 Å². The Kier molecular flexibility index (Phi) is 6.28. The van der Waals surface area contributed by atoms with Crippen molar-refractivity contribution < 1.29 is 9.47 Å². The molecule has 0 atom stereocenters. The van der Waals surface area contributed by atoms with E-state index in [-0.39, 0.29) is 0 Å². The summed E-state index contributed by atoms with van der Waals surface area (Å²) in [4.78, 5) is 0. The SMILES string of the molecule is CCn1nnnc1NCc1c(Br)ccc(OC)c1OCc1ccc(C)cc1. The topological polar surface area (TPSA) is 74.1 Å². The Bertz CT molecular complexity index is 896. The minimum Gasteiger partial charge on any atom is -0.493 e. The van der Waals surface area contributed by atoms with Crippen molar-refractivity contribution in [2.75, 3.05) is 12.4 Å². The highest BCUT2D eigenvalue weighted by molar-refractivity contribution is 9.10. The number of nitrogens with one attached hydrogen (secondary N) is 1. The van der Waals surface area contributed by atoms with Gasteiger partial charge in [0.05, 0.1) is 7.11 Å². The first-order valence-electron chi connectivity index (χ1n) is 8.66. The van der Waals surface area contributed by atoms with Crippen LogP contribution in [0.2, 0.25) is 0 Å². The zero-order chi connectivity index (χ0) is 19.2. The van der Waals surface area contributed by atoms with E-state index in [1.54, 1.807) is 11.8 Å². The van der Waals surface area contributed by atoms with Crippen LogP contribution in [0.25, 0.3) is 0 Å². The van der Waals surface area contributed by atoms with Gasteiger partial charge >= 0.3 is 0 Å². The lowest BCUT2D eigenvalue weighted by molar-refractivity contribution is 0.281. The van der Waals surface area contributed by atoms with Gasteiger partial charge < -0.3 is 14.8 Å². The second-order valence-electron chi connectivity index (χ2n) is 6.00. The van der Waals surface area contributed by atoms with E-state index in [1.165, 1.54) is 5.56 Å². The summed E-state index contributed by atoms with van der Waals surface area (Å²) in [7, 11) is 1.64. The number of halogens is 1. The molecule has 2 aromatic carbocycles. The number of anilines is 1. The van der Waals surface area contributed by atoms with Crippen LogP contribution in [-0.2, 0) is 19.7 Å². The first-order chi connectivity index (χ1) is 13.1. The molecule has 1 aromatic heterocycles. The Labute approximate surface area is 166 Å². The van der Waals surface area contributed by atoms with Crippen molar-refractivity contribution in [2.45, 2.75) is 33.5 Å². The summed E-state index contributed by atoms with van der Waals surface area (Å²) in [6, 6.07) is 12.1. The molecule has 3 aromatic rings. The average molecular weight is 432 g/mol. The van der Waals surface area contributed by atoms with Gasteiger partial charge in [0, 0.05) is 23.1 Å². The van der Waals surface area contributed by atoms with E-state index in [9.17, 15) is 0 Å². The van der Waals surface area contributed by atoms with Crippen LogP contribution in [0.15, 0.2) is 40.9 Å². The molecule has 0 bridgehead atoms. The van der Waals surface area contributed by atoms with Crippen molar-refractivity contribution in [3.63, 3.8) is 0 Å². The molecule has 1 N–H and O–H groups in total. The summed E-state index contributed by atoms with van der Waals surface area (Å²) in [5.41, 5.74) is 3.25. The van der Waals surface area contributed by atoms with Crippen LogP contribution in [0.5, 0.6) is 11.5 Å². The lowest BCUT2D eigenvalue weighted by Gasteiger charge is -2.17. The minimum absolute atomic E-state index is 0.451. The summed E-state index contributed by atoms with van der Waals surface area (Å²) in [6.07, 6.45) is 0. The lowest BCUT2D eigenvalue weighted by Crippen LogP contribution is -2.10. The molecule has 27 heavy (non-hydrogen) atoms. The number of ether oxygens (including phenoxy) is 2. The molecule has 0 saturated carbocycles. The van der Waals surface area contributed by atoms with Crippen LogP contribution < -0.4 is 14.8 Å². The zero-order valence-electron chi connectivity index (χ0n) is 15.6. The van der Waals surface area contributed by atoms with E-state index in [0.29, 0.717) is 37.1 Å². The van der Waals surface area contributed by atoms with E-state index >= 15 is 0 Å². The molecule has 0 radical (unpaired) electrons. The van der Waals surface area contributed by atoms with Gasteiger partial charge in [-0.1, -0.05) is 50.9 Å². The molecular weight excluding hydrogens is 410 g/mol. The van der Waals surface area contributed by atoms with Crippen LogP contribution in [-0.4, -0.2) is 27.3 Å². The minimum atomic E-state index is 0.451. The maximum absolute atomic E-state index is 6.14. The molecule has 0 aliphatic carbocycles. The Hall–Kier alpha value is -2.61. The van der Waals surface area contributed by atoms with Gasteiger partial charge in [0.15, 0.2) is 11.5 Å². The maximum atomic E-state index is 6.14. The van der Waals surface area contributed by atoms with Gasteiger partial charge in [-0.25, -0.2) is 4.68 Å². The van der Waals surface area contributed by atoms with Gasteiger partial charge in [-0.3, -0.25) is 0 Å². The second-order valence-corrected chi connectivity index (χ2v) is 6.86. The van der Waals surface area contributed by atoms with Gasteiger partial charge in [-0.15, -0.1) is 0 Å². The number of tetrazole rings is 1. The quantitative estimate of drug-likeness (QED) is 0.581. The monoisotopic (exact) mass is 431 g/mol. The number of benzene rings is 2. The summed E-state index contributed by atoms with van der Waals surface area (Å²) in [5, 5.41) is 14.9. The molecule has 142 valence electrons. The summed E-state index contributed by atoms with van der Waals surface area (Å²) >= 11 is 3.61. The van der Waals surface area contributed by atoms with E-state index in [0.717, 1.165) is 15.6 Å². The molecule has 7 nitrogen and oxygen atoms in total. The van der Waals surface area contributed by atoms with E-state index in [1.807, 2.05) is 19.1 Å². The summed E-state index contributed by atoms with van der Waals surface area (Å²) in [5.74, 6) is 1.98. The first kappa shape index (κ1) is 19.2. The number of hydrogen-bond acceptors (Lipinski definition) is 6. The normalized spacial score (nSPS) is 10.7. The van der Waals surface area contributed by atoms with E-state index in [2.05, 4.69) is 68.0 Å². The van der Waals surface area contributed by atoms with Crippen LogP contribution in [0.4, 0.5) is 5.95 Å². The van der Waals surface area contributed by atoms with Crippen molar-refractivity contribution in [2.24, 2.45) is 0 Å². The summed E-state index contributed by atoms with van der Waals surface area (Å²) < 4.78 is 14.3. The third kappa shape index (κ3) is 4.57. The highest BCUT2D eigenvalue weighted by Crippen LogP contribution is 2.37. The smallest absolute Gasteiger partial charge is 0.243 e. The molecule has 0 aliphatic rings. The number of nitrogens with zero attached hydrogens (tertiary/aromatic N) is 4. The number of aryl methyl sites for hydroxylation is 2. The van der Waals surface area contributed by atoms with Crippen molar-refractivity contribution in [1.82, 2.24) is 20.2 Å². The molecule has 0 spiro atoms. The number of aromatic nitrogens is 4. The molecule has 8 heteroatoms. The molecular formula is C19H22BrN5O2. The number of hydrogen-bond donors (Lipinski definition) is 1. The van der Waals surface area contributed by atoms with Crippen molar-refractivity contribution >= 4 is 21.9 Å². The van der Waals surface area contributed by atoms with Crippen molar-refractivity contribution in [1.29, 1.82) is 0 Å². The number of rotatable bonds is 8. The molecule has 3 rings (SSSR count). The first-order valence-corrected chi connectivity index (χ1v) is 9.45. The second kappa shape index (κ2) is 8.85. The lowest BCUT2D eigenvalue weighted by atomic mass is 10.1. The van der Waals surface area contributed by atoms with Gasteiger partial charge in [-0.05, 0) is 42.0 Å². The van der Waals surface area contributed by atoms with Gasteiger partial charge in [0.25, 0.3) is 0 Å². The third-order valence-corrected chi connectivity index (χ3v) is 4.89. The van der Waals surface area contributed by atoms with Crippen LogP contribution in [0.1, 0.15) is 23.6 Å². The van der Waals surface area contributed by atoms with Crippen LogP contribution in [0, 0.1) is 6.92 Å². The van der Waals surface area contributed by atoms with Gasteiger partial charge in [0.1, 0.15) is 6.61 Å². The van der Waals surface area contributed by atoms with Gasteiger partial charge in [-0.2, -0.15) is 0 Å². The van der Waals surface area contributed by atoms with Crippen molar-refractivity contribution in [3.05, 3.63) is 57.6 Å². The molecule has 0 fully saturated rings. The molecule has 1 heterocycles. The maximum Gasteiger partial charge on any atom is 0.243 e. The fourth-order valence-corrected chi connectivity index (χ4v) is 3.07.